The predicted octanol–water partition coefficient (Wildman–Crippen LogP) is 3.86. The fraction of sp³-hybridized carbons (Fsp3) is 0.533. The number of aryl methyl sites for hydroxylation is 2. The van der Waals surface area contributed by atoms with Crippen molar-refractivity contribution in [3.05, 3.63) is 28.3 Å². The van der Waals surface area contributed by atoms with Crippen LogP contribution in [-0.4, -0.2) is 24.8 Å². The topological polar surface area (TPSA) is 47.6 Å². The van der Waals surface area contributed by atoms with Gasteiger partial charge in [-0.05, 0) is 57.9 Å². The number of carbonyl (C=O) groups is 1. The van der Waals surface area contributed by atoms with Crippen molar-refractivity contribution in [3.63, 3.8) is 0 Å². The van der Waals surface area contributed by atoms with E-state index in [1.165, 1.54) is 0 Å². The van der Waals surface area contributed by atoms with Crippen LogP contribution in [0, 0.1) is 13.8 Å². The van der Waals surface area contributed by atoms with Crippen molar-refractivity contribution in [2.24, 2.45) is 0 Å². The Morgan fingerprint density at radius 1 is 1.25 bits per heavy atom. The van der Waals surface area contributed by atoms with Gasteiger partial charge in [0, 0.05) is 5.02 Å². The number of hydrogen-bond acceptors (Lipinski definition) is 3. The number of benzene rings is 1. The summed E-state index contributed by atoms with van der Waals surface area (Å²) in [6.45, 7) is 10.1. The van der Waals surface area contributed by atoms with Crippen LogP contribution in [0.1, 0.15) is 31.9 Å². The van der Waals surface area contributed by atoms with Gasteiger partial charge in [0.2, 0.25) is 0 Å². The monoisotopic (exact) mass is 299 g/mol. The number of alkyl carbamates (subject to hydrolysis) is 1. The standard InChI is InChI=1S/C15H22ClNO3/c1-10-8-12(9-11(2)13(10)16)19-7-6-17-14(18)20-15(3,4)5/h8-9H,6-7H2,1-5H3,(H,17,18). The first-order chi connectivity index (χ1) is 9.19. The quantitative estimate of drug-likeness (QED) is 0.859. The van der Waals surface area contributed by atoms with E-state index in [4.69, 9.17) is 21.1 Å². The van der Waals surface area contributed by atoms with Crippen molar-refractivity contribution in [2.45, 2.75) is 40.2 Å². The number of nitrogens with one attached hydrogen (secondary N) is 1. The van der Waals surface area contributed by atoms with E-state index in [9.17, 15) is 4.79 Å². The fourth-order valence-electron chi connectivity index (χ4n) is 1.63. The molecular formula is C15H22ClNO3. The van der Waals surface area contributed by atoms with Gasteiger partial charge in [-0.15, -0.1) is 0 Å². The third-order valence-corrected chi connectivity index (χ3v) is 3.05. The molecule has 0 atom stereocenters. The minimum atomic E-state index is -0.491. The zero-order chi connectivity index (χ0) is 15.3. The minimum Gasteiger partial charge on any atom is -0.492 e. The molecule has 0 aliphatic rings. The van der Waals surface area contributed by atoms with Gasteiger partial charge in [0.15, 0.2) is 0 Å². The lowest BCUT2D eigenvalue weighted by Crippen LogP contribution is -2.34. The lowest BCUT2D eigenvalue weighted by molar-refractivity contribution is 0.0520. The summed E-state index contributed by atoms with van der Waals surface area (Å²) in [6.07, 6.45) is -0.440. The van der Waals surface area contributed by atoms with Crippen molar-refractivity contribution in [1.29, 1.82) is 0 Å². The summed E-state index contributed by atoms with van der Waals surface area (Å²) in [5, 5.41) is 3.39. The van der Waals surface area contributed by atoms with Crippen LogP contribution in [0.4, 0.5) is 4.79 Å². The highest BCUT2D eigenvalue weighted by atomic mass is 35.5. The lowest BCUT2D eigenvalue weighted by Gasteiger charge is -2.19. The molecule has 112 valence electrons. The first kappa shape index (κ1) is 16.6. The number of carbonyl (C=O) groups excluding carboxylic acids is 1. The molecule has 1 aromatic rings. The van der Waals surface area contributed by atoms with Crippen LogP contribution in [0.2, 0.25) is 5.02 Å². The Morgan fingerprint density at radius 2 is 1.80 bits per heavy atom. The summed E-state index contributed by atoms with van der Waals surface area (Å²) < 4.78 is 10.7. The molecule has 4 nitrogen and oxygen atoms in total. The Balaban J connectivity index is 2.37. The molecular weight excluding hydrogens is 278 g/mol. The second-order valence-electron chi connectivity index (χ2n) is 5.65. The molecule has 0 aliphatic heterocycles. The maximum absolute atomic E-state index is 11.4. The molecule has 1 rings (SSSR count). The van der Waals surface area contributed by atoms with Crippen molar-refractivity contribution < 1.29 is 14.3 Å². The molecule has 0 bridgehead atoms. The molecule has 0 radical (unpaired) electrons. The van der Waals surface area contributed by atoms with E-state index in [1.807, 2.05) is 46.8 Å². The van der Waals surface area contributed by atoms with Gasteiger partial charge in [-0.25, -0.2) is 4.79 Å². The summed E-state index contributed by atoms with van der Waals surface area (Å²) in [7, 11) is 0. The Bertz CT molecular complexity index is 457. The van der Waals surface area contributed by atoms with Gasteiger partial charge in [0.05, 0.1) is 6.54 Å². The first-order valence-corrected chi connectivity index (χ1v) is 6.93. The average molecular weight is 300 g/mol. The van der Waals surface area contributed by atoms with E-state index in [2.05, 4.69) is 5.32 Å². The van der Waals surface area contributed by atoms with Gasteiger partial charge < -0.3 is 14.8 Å². The molecule has 1 aromatic carbocycles. The number of amides is 1. The van der Waals surface area contributed by atoms with E-state index in [0.29, 0.717) is 13.2 Å². The molecule has 0 saturated heterocycles. The van der Waals surface area contributed by atoms with E-state index >= 15 is 0 Å². The predicted molar refractivity (Wildman–Crippen MR) is 80.7 cm³/mol. The number of rotatable bonds is 4. The van der Waals surface area contributed by atoms with Crippen molar-refractivity contribution in [3.8, 4) is 5.75 Å². The molecule has 0 aliphatic carbocycles. The third-order valence-electron chi connectivity index (χ3n) is 2.45. The number of ether oxygens (including phenoxy) is 2. The maximum atomic E-state index is 11.4. The Labute approximate surface area is 125 Å². The van der Waals surface area contributed by atoms with Crippen LogP contribution < -0.4 is 10.1 Å². The lowest BCUT2D eigenvalue weighted by atomic mass is 10.1. The van der Waals surface area contributed by atoms with Crippen molar-refractivity contribution in [1.82, 2.24) is 5.32 Å². The number of hydrogen-bond donors (Lipinski definition) is 1. The van der Waals surface area contributed by atoms with Gasteiger partial charge in [-0.3, -0.25) is 0 Å². The van der Waals surface area contributed by atoms with E-state index < -0.39 is 11.7 Å². The summed E-state index contributed by atoms with van der Waals surface area (Å²) in [6, 6.07) is 3.76. The van der Waals surface area contributed by atoms with Crippen LogP contribution in [0.5, 0.6) is 5.75 Å². The van der Waals surface area contributed by atoms with E-state index in [0.717, 1.165) is 21.9 Å². The Kier molecular flexibility index (Phi) is 5.69. The Hall–Kier alpha value is -1.42. The van der Waals surface area contributed by atoms with Gasteiger partial charge >= 0.3 is 6.09 Å². The highest BCUT2D eigenvalue weighted by molar-refractivity contribution is 6.32. The highest BCUT2D eigenvalue weighted by Gasteiger charge is 2.15. The molecule has 0 fully saturated rings. The van der Waals surface area contributed by atoms with E-state index in [-0.39, 0.29) is 0 Å². The summed E-state index contributed by atoms with van der Waals surface area (Å²) in [4.78, 5) is 11.4. The molecule has 0 heterocycles. The fourth-order valence-corrected chi connectivity index (χ4v) is 1.73. The second-order valence-corrected chi connectivity index (χ2v) is 6.03. The molecule has 0 aromatic heterocycles. The smallest absolute Gasteiger partial charge is 0.407 e. The van der Waals surface area contributed by atoms with Crippen LogP contribution in [0.15, 0.2) is 12.1 Å². The van der Waals surface area contributed by atoms with Gasteiger partial charge in [-0.1, -0.05) is 11.6 Å². The third kappa shape index (κ3) is 5.70. The largest absolute Gasteiger partial charge is 0.492 e. The summed E-state index contributed by atoms with van der Waals surface area (Å²) >= 11 is 6.08. The zero-order valence-corrected chi connectivity index (χ0v) is 13.4. The van der Waals surface area contributed by atoms with Crippen LogP contribution in [0.3, 0.4) is 0 Å². The van der Waals surface area contributed by atoms with Crippen LogP contribution in [-0.2, 0) is 4.74 Å². The molecule has 0 unspecified atom stereocenters. The van der Waals surface area contributed by atoms with Gasteiger partial charge in [0.25, 0.3) is 0 Å². The first-order valence-electron chi connectivity index (χ1n) is 6.55. The van der Waals surface area contributed by atoms with Crippen LogP contribution in [0.25, 0.3) is 0 Å². The maximum Gasteiger partial charge on any atom is 0.407 e. The normalized spacial score (nSPS) is 11.1. The molecule has 0 spiro atoms. The second kappa shape index (κ2) is 6.84. The Morgan fingerprint density at radius 3 is 2.30 bits per heavy atom. The highest BCUT2D eigenvalue weighted by Crippen LogP contribution is 2.25. The summed E-state index contributed by atoms with van der Waals surface area (Å²) in [5.41, 5.74) is 1.46. The van der Waals surface area contributed by atoms with Crippen molar-refractivity contribution >= 4 is 17.7 Å². The van der Waals surface area contributed by atoms with Crippen molar-refractivity contribution in [2.75, 3.05) is 13.2 Å². The molecule has 1 amide bonds. The molecule has 1 N–H and O–H groups in total. The van der Waals surface area contributed by atoms with Gasteiger partial charge in [0.1, 0.15) is 18.0 Å². The zero-order valence-electron chi connectivity index (χ0n) is 12.7. The van der Waals surface area contributed by atoms with E-state index in [1.54, 1.807) is 0 Å². The summed E-state index contributed by atoms with van der Waals surface area (Å²) in [5.74, 6) is 0.746. The minimum absolute atomic E-state index is 0.375. The number of halogens is 1. The SMILES string of the molecule is Cc1cc(OCCNC(=O)OC(C)(C)C)cc(C)c1Cl. The molecule has 0 saturated carbocycles. The van der Waals surface area contributed by atoms with Gasteiger partial charge in [-0.2, -0.15) is 0 Å². The molecule has 5 heteroatoms. The average Bonchev–Trinajstić information content (AvgIpc) is 2.29. The van der Waals surface area contributed by atoms with Crippen LogP contribution >= 0.6 is 11.6 Å². The molecule has 20 heavy (non-hydrogen) atoms.